The van der Waals surface area contributed by atoms with Crippen LogP contribution in [0.25, 0.3) is 0 Å². The van der Waals surface area contributed by atoms with Crippen LogP contribution < -0.4 is 5.32 Å². The van der Waals surface area contributed by atoms with E-state index in [4.69, 9.17) is 5.41 Å². The smallest absolute Gasteiger partial charge is 0.379 e. The van der Waals surface area contributed by atoms with E-state index >= 15 is 0 Å². The number of halogens is 3. The van der Waals surface area contributed by atoms with E-state index in [2.05, 4.69) is 21.3 Å². The average Bonchev–Trinajstić information content (AvgIpc) is 3.54. The number of nitrogens with one attached hydrogen (secondary N) is 2. The summed E-state index contributed by atoms with van der Waals surface area (Å²) < 4.78 is 42.3. The first-order valence-corrected chi connectivity index (χ1v) is 14.1. The number of pyridine rings is 1. The maximum absolute atomic E-state index is 14.1. The minimum Gasteiger partial charge on any atom is -0.379 e. The second-order valence-corrected chi connectivity index (χ2v) is 11.8. The fourth-order valence-corrected chi connectivity index (χ4v) is 6.15. The lowest BCUT2D eigenvalue weighted by atomic mass is 9.72. The van der Waals surface area contributed by atoms with E-state index in [1.165, 1.54) is 18.9 Å². The van der Waals surface area contributed by atoms with Crippen LogP contribution in [0.1, 0.15) is 79.3 Å². The summed E-state index contributed by atoms with van der Waals surface area (Å²) in [5, 5.41) is 21.7. The van der Waals surface area contributed by atoms with E-state index < -0.39 is 11.7 Å². The van der Waals surface area contributed by atoms with E-state index in [9.17, 15) is 18.4 Å². The van der Waals surface area contributed by atoms with Crippen LogP contribution in [0.15, 0.2) is 42.7 Å². The highest BCUT2D eigenvalue weighted by molar-refractivity contribution is 5.87. The molecule has 1 spiro atoms. The molecule has 1 saturated heterocycles. The van der Waals surface area contributed by atoms with Crippen molar-refractivity contribution >= 4 is 11.5 Å². The summed E-state index contributed by atoms with van der Waals surface area (Å²) in [6.45, 7) is 4.13. The predicted octanol–water partition coefficient (Wildman–Crippen LogP) is 6.90. The third kappa shape index (κ3) is 6.17. The monoisotopic (exact) mass is 550 g/mol. The van der Waals surface area contributed by atoms with Crippen LogP contribution in [0.2, 0.25) is 0 Å². The third-order valence-electron chi connectivity index (χ3n) is 8.78. The van der Waals surface area contributed by atoms with Crippen molar-refractivity contribution in [3.05, 3.63) is 70.7 Å². The summed E-state index contributed by atoms with van der Waals surface area (Å²) in [6.07, 6.45) is 7.43. The van der Waals surface area contributed by atoms with Gasteiger partial charge in [0.2, 0.25) is 0 Å². The molecule has 2 aliphatic carbocycles. The number of likely N-dealkylation sites (N-methyl/N-ethyl adjacent to an activating group) is 1. The number of anilines is 1. The van der Waals surface area contributed by atoms with Crippen molar-refractivity contribution in [3.8, 4) is 6.07 Å². The first kappa shape index (κ1) is 28.2. The zero-order valence-electron chi connectivity index (χ0n) is 23.2. The zero-order chi connectivity index (χ0) is 28.5. The molecule has 1 atom stereocenters. The van der Waals surface area contributed by atoms with Gasteiger partial charge in [0.15, 0.2) is 0 Å². The van der Waals surface area contributed by atoms with Crippen molar-refractivity contribution < 1.29 is 13.2 Å². The molecule has 2 heterocycles. The quantitative estimate of drug-likeness (QED) is 0.262. The summed E-state index contributed by atoms with van der Waals surface area (Å²) in [6, 6.07) is 8.72. The molecule has 212 valence electrons. The van der Waals surface area contributed by atoms with Crippen molar-refractivity contribution in [2.75, 3.05) is 25.5 Å². The Morgan fingerprint density at radius 3 is 2.65 bits per heavy atom. The van der Waals surface area contributed by atoms with Gasteiger partial charge in [-0.1, -0.05) is 12.5 Å². The Balaban J connectivity index is 1.36. The number of nitrogens with zero attached hydrogens (tertiary/aromatic N) is 4. The highest BCUT2D eigenvalue weighted by atomic mass is 19.4. The van der Waals surface area contributed by atoms with E-state index in [0.717, 1.165) is 44.3 Å². The highest BCUT2D eigenvalue weighted by Gasteiger charge is 2.47. The fourth-order valence-electron chi connectivity index (χ4n) is 6.15. The Bertz CT molecular complexity index is 1320. The Morgan fingerprint density at radius 1 is 1.27 bits per heavy atom. The lowest BCUT2D eigenvalue weighted by molar-refractivity contribution is -0.138. The van der Waals surface area contributed by atoms with Crippen LogP contribution in [-0.4, -0.2) is 40.8 Å². The Labute approximate surface area is 234 Å². The van der Waals surface area contributed by atoms with Crippen LogP contribution >= 0.6 is 0 Å². The normalized spacial score (nSPS) is 19.4. The molecule has 9 heteroatoms. The summed E-state index contributed by atoms with van der Waals surface area (Å²) in [5.74, 6) is 0.525. The van der Waals surface area contributed by atoms with Gasteiger partial charge in [-0.2, -0.15) is 18.4 Å². The molecule has 2 aromatic rings. The molecule has 3 fully saturated rings. The van der Waals surface area contributed by atoms with Crippen molar-refractivity contribution in [1.82, 2.24) is 14.8 Å². The molecule has 1 aromatic heterocycles. The SMILES string of the molecule is C/C=C/N(C)C(=N)C(c1cc(C#N)cc(NCc2ncc(CN3CCC4(CC4)C3)cc2C(F)(F)F)c1)C1CCC1. The molecule has 3 aliphatic rings. The molecule has 0 amide bonds. The maximum atomic E-state index is 14.1. The second kappa shape index (κ2) is 11.2. The fraction of sp³-hybridized carbons (Fsp3) is 0.516. The van der Waals surface area contributed by atoms with Crippen molar-refractivity contribution in [3.63, 3.8) is 0 Å². The first-order chi connectivity index (χ1) is 19.1. The number of rotatable bonds is 9. The number of likely N-dealkylation sites (tertiary alicyclic amines) is 1. The van der Waals surface area contributed by atoms with Gasteiger partial charge in [0, 0.05) is 44.1 Å². The summed E-state index contributed by atoms with van der Waals surface area (Å²) in [4.78, 5) is 8.27. The van der Waals surface area contributed by atoms with Gasteiger partial charge in [0.25, 0.3) is 0 Å². The van der Waals surface area contributed by atoms with Crippen molar-refractivity contribution in [2.24, 2.45) is 11.3 Å². The molecular formula is C31H37F3N6. The van der Waals surface area contributed by atoms with Gasteiger partial charge in [-0.3, -0.25) is 15.3 Å². The number of amidine groups is 1. The van der Waals surface area contributed by atoms with Crippen LogP contribution in [0, 0.1) is 28.1 Å². The minimum atomic E-state index is -4.52. The summed E-state index contributed by atoms with van der Waals surface area (Å²) >= 11 is 0. The van der Waals surface area contributed by atoms with Crippen molar-refractivity contribution in [2.45, 2.75) is 70.6 Å². The van der Waals surface area contributed by atoms with E-state index in [-0.39, 0.29) is 18.2 Å². The van der Waals surface area contributed by atoms with Gasteiger partial charge in [-0.15, -0.1) is 0 Å². The zero-order valence-corrected chi connectivity index (χ0v) is 23.2. The minimum absolute atomic E-state index is 0.0728. The Morgan fingerprint density at radius 2 is 2.05 bits per heavy atom. The standard InChI is InChI=1S/C31H37F3N6/c1-3-10-39(2)29(36)28(23-5-4-6-23)24-12-21(16-35)13-25(15-24)37-18-27-26(31(32,33)34)14-22(17-38-27)19-40-11-9-30(20-40)7-8-30/h3,10,12-15,17,23,28,36-37H,4-9,11,18-20H2,1-2H3/b10-3+,36-29?. The van der Waals surface area contributed by atoms with Crippen LogP contribution in [0.4, 0.5) is 18.9 Å². The Kier molecular flexibility index (Phi) is 7.92. The van der Waals surface area contributed by atoms with Gasteiger partial charge >= 0.3 is 6.18 Å². The number of nitriles is 1. The van der Waals surface area contributed by atoms with E-state index in [0.29, 0.717) is 40.5 Å². The molecule has 1 unspecified atom stereocenters. The summed E-state index contributed by atoms with van der Waals surface area (Å²) in [5.41, 5.74) is 1.97. The molecule has 0 bridgehead atoms. The van der Waals surface area contributed by atoms with Crippen LogP contribution in [0.5, 0.6) is 0 Å². The van der Waals surface area contributed by atoms with Crippen LogP contribution in [0.3, 0.4) is 0 Å². The molecule has 2 N–H and O–H groups in total. The number of allylic oxidation sites excluding steroid dienone is 1. The topological polar surface area (TPSA) is 79.0 Å². The lowest BCUT2D eigenvalue weighted by Crippen LogP contribution is -2.34. The van der Waals surface area contributed by atoms with Gasteiger partial charge in [-0.25, -0.2) is 0 Å². The second-order valence-electron chi connectivity index (χ2n) is 11.8. The largest absolute Gasteiger partial charge is 0.418 e. The number of benzene rings is 1. The predicted molar refractivity (Wildman–Crippen MR) is 150 cm³/mol. The molecule has 0 radical (unpaired) electrons. The Hall–Kier alpha value is -3.38. The van der Waals surface area contributed by atoms with Gasteiger partial charge in [0.1, 0.15) is 5.84 Å². The number of hydrogen-bond donors (Lipinski definition) is 2. The van der Waals surface area contributed by atoms with E-state index in [1.54, 1.807) is 23.2 Å². The molecule has 40 heavy (non-hydrogen) atoms. The van der Waals surface area contributed by atoms with Gasteiger partial charge in [-0.05, 0) is 92.3 Å². The third-order valence-corrected chi connectivity index (χ3v) is 8.78. The summed E-state index contributed by atoms with van der Waals surface area (Å²) in [7, 11) is 1.84. The number of hydrogen-bond acceptors (Lipinski definition) is 5. The number of alkyl halides is 3. The van der Waals surface area contributed by atoms with Gasteiger partial charge < -0.3 is 10.2 Å². The van der Waals surface area contributed by atoms with Gasteiger partial charge in [0.05, 0.1) is 29.4 Å². The highest BCUT2D eigenvalue weighted by Crippen LogP contribution is 2.52. The maximum Gasteiger partial charge on any atom is 0.418 e. The molecule has 5 rings (SSSR count). The molecule has 2 saturated carbocycles. The van der Waals surface area contributed by atoms with E-state index in [1.807, 2.05) is 32.3 Å². The molecule has 1 aliphatic heterocycles. The van der Waals surface area contributed by atoms with Crippen LogP contribution in [-0.2, 0) is 19.3 Å². The first-order valence-electron chi connectivity index (χ1n) is 14.1. The number of aromatic nitrogens is 1. The molecule has 6 nitrogen and oxygen atoms in total. The molecular weight excluding hydrogens is 513 g/mol. The molecule has 1 aromatic carbocycles. The average molecular weight is 551 g/mol. The lowest BCUT2D eigenvalue weighted by Gasteiger charge is -2.36. The van der Waals surface area contributed by atoms with Crippen molar-refractivity contribution in [1.29, 1.82) is 10.7 Å².